The van der Waals surface area contributed by atoms with Crippen LogP contribution in [0, 0.1) is 10.5 Å². The van der Waals surface area contributed by atoms with Crippen molar-refractivity contribution < 1.29 is 13.2 Å². The van der Waals surface area contributed by atoms with Gasteiger partial charge in [-0.1, -0.05) is 25.3 Å². The van der Waals surface area contributed by atoms with Crippen LogP contribution in [0.3, 0.4) is 0 Å². The van der Waals surface area contributed by atoms with Gasteiger partial charge < -0.3 is 5.32 Å². The fourth-order valence-corrected chi connectivity index (χ4v) is 5.33. The van der Waals surface area contributed by atoms with Crippen molar-refractivity contribution in [1.82, 2.24) is 10.0 Å². The molecule has 1 aliphatic rings. The van der Waals surface area contributed by atoms with E-state index in [1.54, 1.807) is 24.3 Å². The quantitative estimate of drug-likeness (QED) is 0.376. The van der Waals surface area contributed by atoms with E-state index >= 15 is 0 Å². The Hall–Kier alpha value is -1.56. The first kappa shape index (κ1) is 23.1. The minimum Gasteiger partial charge on any atom is -0.332 e. The van der Waals surface area contributed by atoms with E-state index in [1.165, 1.54) is 12.1 Å². The van der Waals surface area contributed by atoms with Crippen LogP contribution in [-0.2, 0) is 10.0 Å². The molecular formula is C21H24IN3O3S2. The standard InChI is InChI=1S/C21H24IN3O3S2/c1-14-7-8-15(13-19(14)22)20(26)24-21(29)23-16-9-11-18(12-10-16)30(27,28)25-17-5-3-2-4-6-17/h7-13,17,25H,2-6H2,1H3,(H2,23,24,26,29). The summed E-state index contributed by atoms with van der Waals surface area (Å²) in [4.78, 5) is 12.6. The van der Waals surface area contributed by atoms with Gasteiger partial charge in [0.2, 0.25) is 10.0 Å². The van der Waals surface area contributed by atoms with Gasteiger partial charge in [-0.2, -0.15) is 0 Å². The number of anilines is 1. The van der Waals surface area contributed by atoms with Crippen LogP contribution in [0.1, 0.15) is 48.0 Å². The second kappa shape index (κ2) is 10.2. The SMILES string of the molecule is Cc1ccc(C(=O)NC(=S)Nc2ccc(S(=O)(=O)NC3CCCCC3)cc2)cc1I. The monoisotopic (exact) mass is 557 g/mol. The van der Waals surface area contributed by atoms with Gasteiger partial charge in [0, 0.05) is 20.9 Å². The lowest BCUT2D eigenvalue weighted by Gasteiger charge is -2.22. The van der Waals surface area contributed by atoms with E-state index in [0.717, 1.165) is 41.2 Å². The highest BCUT2D eigenvalue weighted by Crippen LogP contribution is 2.21. The number of rotatable bonds is 5. The van der Waals surface area contributed by atoms with E-state index in [-0.39, 0.29) is 22.0 Å². The number of benzene rings is 2. The zero-order valence-electron chi connectivity index (χ0n) is 16.6. The van der Waals surface area contributed by atoms with Crippen molar-refractivity contribution in [3.8, 4) is 0 Å². The molecule has 6 nitrogen and oxygen atoms in total. The molecule has 0 aliphatic heterocycles. The van der Waals surface area contributed by atoms with E-state index in [1.807, 2.05) is 13.0 Å². The van der Waals surface area contributed by atoms with E-state index < -0.39 is 10.0 Å². The normalized spacial score (nSPS) is 14.9. The Morgan fingerprint density at radius 1 is 1.07 bits per heavy atom. The largest absolute Gasteiger partial charge is 0.332 e. The average molecular weight is 557 g/mol. The molecule has 160 valence electrons. The Kier molecular flexibility index (Phi) is 7.83. The van der Waals surface area contributed by atoms with Crippen molar-refractivity contribution in [1.29, 1.82) is 0 Å². The molecule has 0 aromatic heterocycles. The lowest BCUT2D eigenvalue weighted by Crippen LogP contribution is -2.36. The van der Waals surface area contributed by atoms with Gasteiger partial charge in [0.25, 0.3) is 5.91 Å². The number of thiocarbonyl (C=S) groups is 1. The Labute approximate surface area is 196 Å². The minimum atomic E-state index is -3.55. The van der Waals surface area contributed by atoms with Crippen molar-refractivity contribution in [3.63, 3.8) is 0 Å². The van der Waals surface area contributed by atoms with Gasteiger partial charge in [-0.3, -0.25) is 10.1 Å². The molecule has 1 amide bonds. The highest BCUT2D eigenvalue weighted by molar-refractivity contribution is 14.1. The number of halogens is 1. The molecule has 3 N–H and O–H groups in total. The summed E-state index contributed by atoms with van der Waals surface area (Å²) in [6, 6.07) is 11.7. The molecule has 1 aliphatic carbocycles. The van der Waals surface area contributed by atoms with Crippen molar-refractivity contribution in [2.24, 2.45) is 0 Å². The molecule has 0 atom stereocenters. The number of amides is 1. The number of carbonyl (C=O) groups excluding carboxylic acids is 1. The van der Waals surface area contributed by atoms with Crippen LogP contribution < -0.4 is 15.4 Å². The minimum absolute atomic E-state index is 0.00850. The third kappa shape index (κ3) is 6.22. The van der Waals surface area contributed by atoms with E-state index in [0.29, 0.717) is 11.3 Å². The molecule has 3 rings (SSSR count). The molecule has 0 radical (unpaired) electrons. The molecule has 0 unspecified atom stereocenters. The summed E-state index contributed by atoms with van der Waals surface area (Å²) in [7, 11) is -3.55. The molecule has 9 heteroatoms. The number of sulfonamides is 1. The first-order valence-electron chi connectivity index (χ1n) is 9.75. The van der Waals surface area contributed by atoms with Crippen molar-refractivity contribution >= 4 is 61.5 Å². The van der Waals surface area contributed by atoms with Crippen molar-refractivity contribution in [2.75, 3.05) is 5.32 Å². The second-order valence-electron chi connectivity index (χ2n) is 7.35. The molecule has 0 saturated heterocycles. The maximum Gasteiger partial charge on any atom is 0.257 e. The summed E-state index contributed by atoms with van der Waals surface area (Å²) in [6.45, 7) is 1.98. The Morgan fingerprint density at radius 2 is 1.73 bits per heavy atom. The summed E-state index contributed by atoms with van der Waals surface area (Å²) in [5, 5.41) is 5.69. The first-order chi connectivity index (χ1) is 14.2. The summed E-state index contributed by atoms with van der Waals surface area (Å²) in [6.07, 6.45) is 5.04. The maximum absolute atomic E-state index is 12.6. The van der Waals surface area contributed by atoms with Crippen LogP contribution in [0.5, 0.6) is 0 Å². The number of carbonyl (C=O) groups is 1. The predicted octanol–water partition coefficient (Wildman–Crippen LogP) is 4.34. The van der Waals surface area contributed by atoms with Crippen LogP contribution in [0.25, 0.3) is 0 Å². The van der Waals surface area contributed by atoms with Crippen LogP contribution in [-0.4, -0.2) is 25.5 Å². The van der Waals surface area contributed by atoms with Gasteiger partial charge in [0.05, 0.1) is 4.90 Å². The Balaban J connectivity index is 1.58. The third-order valence-electron chi connectivity index (χ3n) is 5.01. The topological polar surface area (TPSA) is 87.3 Å². The lowest BCUT2D eigenvalue weighted by molar-refractivity contribution is 0.0977. The molecule has 0 bridgehead atoms. The molecule has 0 spiro atoms. The molecule has 30 heavy (non-hydrogen) atoms. The number of nitrogens with one attached hydrogen (secondary N) is 3. The van der Waals surface area contributed by atoms with E-state index in [9.17, 15) is 13.2 Å². The highest BCUT2D eigenvalue weighted by Gasteiger charge is 2.21. The predicted molar refractivity (Wildman–Crippen MR) is 131 cm³/mol. The van der Waals surface area contributed by atoms with Crippen LogP contribution in [0.2, 0.25) is 0 Å². The summed E-state index contributed by atoms with van der Waals surface area (Å²) in [5.74, 6) is -0.304. The first-order valence-corrected chi connectivity index (χ1v) is 12.7. The van der Waals surface area contributed by atoms with E-state index in [2.05, 4.69) is 37.9 Å². The van der Waals surface area contributed by atoms with Crippen LogP contribution in [0.4, 0.5) is 5.69 Å². The van der Waals surface area contributed by atoms with Gasteiger partial charge in [0.1, 0.15) is 0 Å². The number of hydrogen-bond donors (Lipinski definition) is 3. The summed E-state index contributed by atoms with van der Waals surface area (Å²) in [5.41, 5.74) is 2.21. The zero-order chi connectivity index (χ0) is 21.7. The Morgan fingerprint density at radius 3 is 2.37 bits per heavy atom. The molecular weight excluding hydrogens is 533 g/mol. The third-order valence-corrected chi connectivity index (χ3v) is 7.91. The Bertz CT molecular complexity index is 1030. The summed E-state index contributed by atoms with van der Waals surface area (Å²) < 4.78 is 28.9. The maximum atomic E-state index is 12.6. The second-order valence-corrected chi connectivity index (χ2v) is 10.6. The fourth-order valence-electron chi connectivity index (χ4n) is 3.30. The fraction of sp³-hybridized carbons (Fsp3) is 0.333. The number of hydrogen-bond acceptors (Lipinski definition) is 4. The number of aryl methyl sites for hydroxylation is 1. The van der Waals surface area contributed by atoms with Gasteiger partial charge in [-0.05, 0) is 96.5 Å². The molecule has 1 fully saturated rings. The van der Waals surface area contributed by atoms with Gasteiger partial charge in [-0.15, -0.1) is 0 Å². The summed E-state index contributed by atoms with van der Waals surface area (Å²) >= 11 is 7.39. The van der Waals surface area contributed by atoms with Gasteiger partial charge >= 0.3 is 0 Å². The van der Waals surface area contributed by atoms with Gasteiger partial charge in [0.15, 0.2) is 5.11 Å². The molecule has 0 heterocycles. The molecule has 2 aromatic carbocycles. The van der Waals surface area contributed by atoms with E-state index in [4.69, 9.17) is 12.2 Å². The molecule has 1 saturated carbocycles. The zero-order valence-corrected chi connectivity index (χ0v) is 20.4. The molecule has 2 aromatic rings. The van der Waals surface area contributed by atoms with Crippen LogP contribution >= 0.6 is 34.8 Å². The van der Waals surface area contributed by atoms with Crippen LogP contribution in [0.15, 0.2) is 47.4 Å². The van der Waals surface area contributed by atoms with Crippen molar-refractivity contribution in [2.45, 2.75) is 50.0 Å². The van der Waals surface area contributed by atoms with Crippen molar-refractivity contribution in [3.05, 3.63) is 57.2 Å². The smallest absolute Gasteiger partial charge is 0.257 e. The average Bonchev–Trinajstić information content (AvgIpc) is 2.70. The van der Waals surface area contributed by atoms with Gasteiger partial charge in [-0.25, -0.2) is 13.1 Å². The highest BCUT2D eigenvalue weighted by atomic mass is 127. The lowest BCUT2D eigenvalue weighted by atomic mass is 9.96.